The van der Waals surface area contributed by atoms with Gasteiger partial charge < -0.3 is 14.2 Å². The summed E-state index contributed by atoms with van der Waals surface area (Å²) in [6, 6.07) is 6.50. The third-order valence-corrected chi connectivity index (χ3v) is 5.61. The zero-order valence-electron chi connectivity index (χ0n) is 15.5. The second kappa shape index (κ2) is 8.21. The summed E-state index contributed by atoms with van der Waals surface area (Å²) < 4.78 is 20.9. The molecule has 1 aromatic heterocycles. The summed E-state index contributed by atoms with van der Waals surface area (Å²) in [4.78, 5) is 19.4. The molecule has 1 aliphatic carbocycles. The number of hydrogen-bond acceptors (Lipinski definition) is 3. The quantitative estimate of drug-likeness (QED) is 0.750. The summed E-state index contributed by atoms with van der Waals surface area (Å²) >= 11 is 0. The molecule has 6 heteroatoms. The first-order valence-corrected chi connectivity index (χ1v) is 9.84. The van der Waals surface area contributed by atoms with Crippen molar-refractivity contribution in [2.24, 2.45) is 5.92 Å². The molecule has 2 aliphatic rings. The topological polar surface area (TPSA) is 47.4 Å². The number of ether oxygens (including phenoxy) is 1. The molecule has 144 valence electrons. The van der Waals surface area contributed by atoms with Crippen LogP contribution in [0.4, 0.5) is 4.39 Å². The van der Waals surface area contributed by atoms with E-state index in [2.05, 4.69) is 4.98 Å². The van der Waals surface area contributed by atoms with E-state index in [1.165, 1.54) is 12.1 Å². The van der Waals surface area contributed by atoms with E-state index in [0.29, 0.717) is 19.6 Å². The van der Waals surface area contributed by atoms with E-state index in [9.17, 15) is 9.18 Å². The molecule has 27 heavy (non-hydrogen) atoms. The van der Waals surface area contributed by atoms with Gasteiger partial charge in [-0.05, 0) is 43.4 Å². The maximum Gasteiger partial charge on any atom is 0.226 e. The Morgan fingerprint density at radius 1 is 1.22 bits per heavy atom. The first kappa shape index (κ1) is 18.2. The molecule has 1 aromatic carbocycles. The molecule has 1 unspecified atom stereocenters. The van der Waals surface area contributed by atoms with Crippen molar-refractivity contribution >= 4 is 5.91 Å². The van der Waals surface area contributed by atoms with Crippen molar-refractivity contribution in [3.8, 4) is 0 Å². The van der Waals surface area contributed by atoms with Crippen molar-refractivity contribution in [2.45, 2.75) is 51.3 Å². The second-order valence-electron chi connectivity index (χ2n) is 7.58. The van der Waals surface area contributed by atoms with Crippen molar-refractivity contribution in [3.05, 3.63) is 53.9 Å². The maximum atomic E-state index is 13.1. The highest BCUT2D eigenvalue weighted by atomic mass is 19.1. The minimum Gasteiger partial charge on any atom is -0.376 e. The number of benzene rings is 1. The number of amides is 1. The average Bonchev–Trinajstić information content (AvgIpc) is 3.27. The monoisotopic (exact) mass is 371 g/mol. The molecule has 5 nitrogen and oxygen atoms in total. The van der Waals surface area contributed by atoms with Crippen LogP contribution in [0, 0.1) is 11.7 Å². The Balaban J connectivity index is 1.47. The molecule has 0 bridgehead atoms. The molecule has 0 N–H and O–H groups in total. The van der Waals surface area contributed by atoms with E-state index in [1.807, 2.05) is 15.7 Å². The number of imidazole rings is 1. The molecule has 2 aromatic rings. The molecule has 0 spiro atoms. The summed E-state index contributed by atoms with van der Waals surface area (Å²) in [5.74, 6) is 1.00. The van der Waals surface area contributed by atoms with Crippen molar-refractivity contribution in [1.29, 1.82) is 0 Å². The van der Waals surface area contributed by atoms with Gasteiger partial charge in [-0.3, -0.25) is 4.79 Å². The van der Waals surface area contributed by atoms with Gasteiger partial charge in [0.15, 0.2) is 0 Å². The van der Waals surface area contributed by atoms with Gasteiger partial charge >= 0.3 is 0 Å². The standard InChI is InChI=1S/C21H26FN3O2/c22-18-8-6-16(7-9-18)13-24-11-10-23-20(24)15-25(14-19-5-2-12-27-19)21(26)17-3-1-4-17/h6-11,17,19H,1-5,12-15H2. The van der Waals surface area contributed by atoms with E-state index in [-0.39, 0.29) is 23.7 Å². The van der Waals surface area contributed by atoms with Crippen LogP contribution in [0.1, 0.15) is 43.5 Å². The highest BCUT2D eigenvalue weighted by molar-refractivity contribution is 5.79. The SMILES string of the molecule is O=C(C1CCC1)N(Cc1nccn1Cc1ccc(F)cc1)CC1CCCO1. The smallest absolute Gasteiger partial charge is 0.226 e. The van der Waals surface area contributed by atoms with Crippen LogP contribution in [-0.4, -0.2) is 39.6 Å². The van der Waals surface area contributed by atoms with Crippen LogP contribution >= 0.6 is 0 Å². The van der Waals surface area contributed by atoms with Crippen molar-refractivity contribution < 1.29 is 13.9 Å². The van der Waals surface area contributed by atoms with Gasteiger partial charge in [0.25, 0.3) is 0 Å². The maximum absolute atomic E-state index is 13.1. The number of halogens is 1. The molecule has 2 heterocycles. The largest absolute Gasteiger partial charge is 0.376 e. The van der Waals surface area contributed by atoms with E-state index < -0.39 is 0 Å². The third kappa shape index (κ3) is 4.38. The molecule has 1 saturated carbocycles. The van der Waals surface area contributed by atoms with E-state index in [4.69, 9.17) is 4.74 Å². The van der Waals surface area contributed by atoms with Crippen molar-refractivity contribution in [2.75, 3.05) is 13.2 Å². The van der Waals surface area contributed by atoms with Gasteiger partial charge in [-0.15, -0.1) is 0 Å². The van der Waals surface area contributed by atoms with Crippen LogP contribution in [0.25, 0.3) is 0 Å². The Bertz CT molecular complexity index is 764. The predicted molar refractivity (Wildman–Crippen MR) is 99.5 cm³/mol. The van der Waals surface area contributed by atoms with Crippen LogP contribution in [0.5, 0.6) is 0 Å². The fourth-order valence-electron chi connectivity index (χ4n) is 3.77. The van der Waals surface area contributed by atoms with Gasteiger partial charge in [-0.2, -0.15) is 0 Å². The lowest BCUT2D eigenvalue weighted by Crippen LogP contribution is -2.42. The summed E-state index contributed by atoms with van der Waals surface area (Å²) in [6.45, 7) is 2.53. The number of rotatable bonds is 7. The Kier molecular flexibility index (Phi) is 5.53. The Morgan fingerprint density at radius 2 is 2.04 bits per heavy atom. The first-order chi connectivity index (χ1) is 13.2. The van der Waals surface area contributed by atoms with Gasteiger partial charge in [-0.25, -0.2) is 9.37 Å². The summed E-state index contributed by atoms with van der Waals surface area (Å²) in [6.07, 6.45) is 9.01. The van der Waals surface area contributed by atoms with Gasteiger partial charge in [0.05, 0.1) is 12.6 Å². The zero-order valence-corrected chi connectivity index (χ0v) is 15.5. The van der Waals surface area contributed by atoms with Crippen LogP contribution in [0.2, 0.25) is 0 Å². The fraction of sp³-hybridized carbons (Fsp3) is 0.524. The third-order valence-electron chi connectivity index (χ3n) is 5.61. The minimum atomic E-state index is -0.238. The van der Waals surface area contributed by atoms with E-state index in [0.717, 1.165) is 50.1 Å². The first-order valence-electron chi connectivity index (χ1n) is 9.84. The lowest BCUT2D eigenvalue weighted by molar-refractivity contribution is -0.140. The number of carbonyl (C=O) groups is 1. The van der Waals surface area contributed by atoms with Gasteiger partial charge in [-0.1, -0.05) is 18.6 Å². The zero-order chi connectivity index (χ0) is 18.6. The normalized spacial score (nSPS) is 19.8. The summed E-state index contributed by atoms with van der Waals surface area (Å²) in [7, 11) is 0. The predicted octanol–water partition coefficient (Wildman–Crippen LogP) is 3.38. The molecule has 1 aliphatic heterocycles. The lowest BCUT2D eigenvalue weighted by atomic mass is 9.84. The second-order valence-corrected chi connectivity index (χ2v) is 7.58. The van der Waals surface area contributed by atoms with Gasteiger partial charge in [0.1, 0.15) is 11.6 Å². The molecule has 1 saturated heterocycles. The highest BCUT2D eigenvalue weighted by Crippen LogP contribution is 2.29. The highest BCUT2D eigenvalue weighted by Gasteiger charge is 2.32. The number of nitrogens with zero attached hydrogens (tertiary/aromatic N) is 3. The molecular formula is C21H26FN3O2. The number of carbonyl (C=O) groups excluding carboxylic acids is 1. The summed E-state index contributed by atoms with van der Waals surface area (Å²) in [5.41, 5.74) is 1.01. The van der Waals surface area contributed by atoms with Crippen LogP contribution in [-0.2, 0) is 22.6 Å². The Hall–Kier alpha value is -2.21. The molecular weight excluding hydrogens is 345 g/mol. The van der Waals surface area contributed by atoms with Crippen LogP contribution < -0.4 is 0 Å². The molecule has 1 amide bonds. The lowest BCUT2D eigenvalue weighted by Gasteiger charge is -2.33. The number of aromatic nitrogens is 2. The Morgan fingerprint density at radius 3 is 2.70 bits per heavy atom. The molecule has 2 fully saturated rings. The molecule has 0 radical (unpaired) electrons. The average molecular weight is 371 g/mol. The number of hydrogen-bond donors (Lipinski definition) is 0. The molecule has 4 rings (SSSR count). The Labute approximate surface area is 159 Å². The van der Waals surface area contributed by atoms with Gasteiger partial charge in [0.2, 0.25) is 5.91 Å². The molecule has 1 atom stereocenters. The minimum absolute atomic E-state index is 0.134. The van der Waals surface area contributed by atoms with E-state index in [1.54, 1.807) is 18.3 Å². The fourth-order valence-corrected chi connectivity index (χ4v) is 3.77. The van der Waals surface area contributed by atoms with Crippen molar-refractivity contribution in [1.82, 2.24) is 14.5 Å². The van der Waals surface area contributed by atoms with Crippen LogP contribution in [0.15, 0.2) is 36.7 Å². The summed E-state index contributed by atoms with van der Waals surface area (Å²) in [5, 5.41) is 0. The van der Waals surface area contributed by atoms with Crippen molar-refractivity contribution in [3.63, 3.8) is 0 Å². The van der Waals surface area contributed by atoms with Gasteiger partial charge in [0, 0.05) is 38.0 Å². The van der Waals surface area contributed by atoms with Crippen LogP contribution in [0.3, 0.4) is 0 Å². The van der Waals surface area contributed by atoms with E-state index >= 15 is 0 Å².